The smallest absolute Gasteiger partial charge is 0.0959 e. The molecule has 0 bridgehead atoms. The average molecular weight is 224 g/mol. The summed E-state index contributed by atoms with van der Waals surface area (Å²) in [5, 5.41) is 3.48. The minimum atomic E-state index is 0.162. The van der Waals surface area contributed by atoms with Gasteiger partial charge in [-0.25, -0.2) is 4.98 Å². The highest BCUT2D eigenvalue weighted by Crippen LogP contribution is 2.38. The van der Waals surface area contributed by atoms with Crippen LogP contribution in [0.3, 0.4) is 0 Å². The maximum Gasteiger partial charge on any atom is 0.0959 e. The fourth-order valence-electron chi connectivity index (χ4n) is 1.89. The number of hydrogen-bond donors (Lipinski definition) is 1. The highest BCUT2D eigenvalue weighted by molar-refractivity contribution is 7.09. The first-order chi connectivity index (χ1) is 7.31. The van der Waals surface area contributed by atoms with Crippen molar-refractivity contribution < 1.29 is 0 Å². The third-order valence-corrected chi connectivity index (χ3v) is 4.27. The van der Waals surface area contributed by atoms with Gasteiger partial charge >= 0.3 is 0 Å². The van der Waals surface area contributed by atoms with Crippen LogP contribution in [-0.4, -0.2) is 4.98 Å². The van der Waals surface area contributed by atoms with E-state index < -0.39 is 0 Å². The summed E-state index contributed by atoms with van der Waals surface area (Å²) in [5.41, 5.74) is 7.22. The Morgan fingerprint density at radius 1 is 1.60 bits per heavy atom. The normalized spacial score (nSPS) is 18.8. The van der Waals surface area contributed by atoms with Gasteiger partial charge in [0.15, 0.2) is 0 Å². The lowest BCUT2D eigenvalue weighted by atomic mass is 9.86. The summed E-state index contributed by atoms with van der Waals surface area (Å²) in [6, 6.07) is 0.162. The van der Waals surface area contributed by atoms with E-state index in [4.69, 9.17) is 5.73 Å². The first-order valence-electron chi connectivity index (χ1n) is 6.02. The standard InChI is InChI=1S/C12H20N2S/c1-2-3-7-10(13)11-8-15-12(14-11)9-5-4-6-9/h8-10H,2-7,13H2,1H3. The van der Waals surface area contributed by atoms with E-state index in [1.807, 2.05) is 0 Å². The van der Waals surface area contributed by atoms with E-state index in [0.717, 1.165) is 18.0 Å². The molecule has 1 fully saturated rings. The van der Waals surface area contributed by atoms with E-state index in [1.54, 1.807) is 11.3 Å². The van der Waals surface area contributed by atoms with Gasteiger partial charge in [0.1, 0.15) is 0 Å². The maximum absolute atomic E-state index is 6.10. The molecule has 1 unspecified atom stereocenters. The van der Waals surface area contributed by atoms with Crippen LogP contribution in [0.5, 0.6) is 0 Å². The van der Waals surface area contributed by atoms with Gasteiger partial charge in [0.2, 0.25) is 0 Å². The van der Waals surface area contributed by atoms with Crippen molar-refractivity contribution >= 4 is 11.3 Å². The molecule has 1 atom stereocenters. The van der Waals surface area contributed by atoms with Crippen LogP contribution >= 0.6 is 11.3 Å². The van der Waals surface area contributed by atoms with Crippen molar-refractivity contribution in [3.8, 4) is 0 Å². The molecule has 1 heterocycles. The van der Waals surface area contributed by atoms with Crippen molar-refractivity contribution in [3.63, 3.8) is 0 Å². The fraction of sp³-hybridized carbons (Fsp3) is 0.750. The molecule has 1 saturated carbocycles. The van der Waals surface area contributed by atoms with Crippen LogP contribution in [0.4, 0.5) is 0 Å². The van der Waals surface area contributed by atoms with Gasteiger partial charge in [-0.15, -0.1) is 11.3 Å². The SMILES string of the molecule is CCCCC(N)c1csc(C2CCC2)n1. The molecule has 2 rings (SSSR count). The Morgan fingerprint density at radius 3 is 3.00 bits per heavy atom. The van der Waals surface area contributed by atoms with Crippen molar-refractivity contribution in [2.75, 3.05) is 0 Å². The van der Waals surface area contributed by atoms with Gasteiger partial charge in [0.05, 0.1) is 10.7 Å². The van der Waals surface area contributed by atoms with E-state index in [1.165, 1.54) is 37.1 Å². The van der Waals surface area contributed by atoms with Gasteiger partial charge in [-0.05, 0) is 19.3 Å². The summed E-state index contributed by atoms with van der Waals surface area (Å²) in [6.45, 7) is 2.20. The molecule has 2 N–H and O–H groups in total. The van der Waals surface area contributed by atoms with Crippen LogP contribution in [0, 0.1) is 0 Å². The quantitative estimate of drug-likeness (QED) is 0.830. The fourth-order valence-corrected chi connectivity index (χ4v) is 2.94. The number of thiazole rings is 1. The third-order valence-electron chi connectivity index (χ3n) is 3.24. The Hall–Kier alpha value is -0.410. The Morgan fingerprint density at radius 2 is 2.40 bits per heavy atom. The summed E-state index contributed by atoms with van der Waals surface area (Å²) in [7, 11) is 0. The lowest BCUT2D eigenvalue weighted by Crippen LogP contribution is -2.12. The van der Waals surface area contributed by atoms with Crippen molar-refractivity contribution in [1.82, 2.24) is 4.98 Å². The molecule has 0 radical (unpaired) electrons. The molecular formula is C12H20N2S. The minimum absolute atomic E-state index is 0.162. The second kappa shape index (κ2) is 5.08. The van der Waals surface area contributed by atoms with Gasteiger partial charge in [0, 0.05) is 17.3 Å². The molecule has 0 spiro atoms. The molecule has 3 heteroatoms. The largest absolute Gasteiger partial charge is 0.323 e. The van der Waals surface area contributed by atoms with Gasteiger partial charge in [0.25, 0.3) is 0 Å². The van der Waals surface area contributed by atoms with Gasteiger partial charge in [-0.2, -0.15) is 0 Å². The molecule has 2 nitrogen and oxygen atoms in total. The number of rotatable bonds is 5. The first-order valence-corrected chi connectivity index (χ1v) is 6.90. The van der Waals surface area contributed by atoms with Crippen molar-refractivity contribution in [3.05, 3.63) is 16.1 Å². The number of aromatic nitrogens is 1. The second-order valence-electron chi connectivity index (χ2n) is 4.49. The maximum atomic E-state index is 6.10. The zero-order valence-corrected chi connectivity index (χ0v) is 10.2. The Kier molecular flexibility index (Phi) is 3.76. The Bertz CT molecular complexity index is 304. The molecule has 15 heavy (non-hydrogen) atoms. The molecule has 0 amide bonds. The van der Waals surface area contributed by atoms with Gasteiger partial charge < -0.3 is 5.73 Å². The third kappa shape index (κ3) is 2.58. The van der Waals surface area contributed by atoms with E-state index in [2.05, 4.69) is 17.3 Å². The summed E-state index contributed by atoms with van der Waals surface area (Å²) < 4.78 is 0. The highest BCUT2D eigenvalue weighted by Gasteiger charge is 2.23. The molecule has 0 aromatic carbocycles. The van der Waals surface area contributed by atoms with Crippen LogP contribution < -0.4 is 5.73 Å². The average Bonchev–Trinajstić information content (AvgIpc) is 2.60. The molecule has 1 aromatic rings. The van der Waals surface area contributed by atoms with E-state index in [-0.39, 0.29) is 6.04 Å². The van der Waals surface area contributed by atoms with Crippen LogP contribution in [0.2, 0.25) is 0 Å². The molecule has 1 aliphatic carbocycles. The van der Waals surface area contributed by atoms with E-state index in [0.29, 0.717) is 0 Å². The summed E-state index contributed by atoms with van der Waals surface area (Å²) in [6.07, 6.45) is 7.53. The first kappa shape index (κ1) is 11.1. The zero-order valence-electron chi connectivity index (χ0n) is 9.41. The summed E-state index contributed by atoms with van der Waals surface area (Å²) >= 11 is 1.80. The lowest BCUT2D eigenvalue weighted by molar-refractivity contribution is 0.417. The predicted octanol–water partition coefficient (Wildman–Crippen LogP) is 3.60. The van der Waals surface area contributed by atoms with Crippen molar-refractivity contribution in [2.24, 2.45) is 5.73 Å². The second-order valence-corrected chi connectivity index (χ2v) is 5.38. The van der Waals surface area contributed by atoms with Gasteiger partial charge in [-0.1, -0.05) is 26.2 Å². The predicted molar refractivity (Wildman–Crippen MR) is 65.2 cm³/mol. The topological polar surface area (TPSA) is 38.9 Å². The summed E-state index contributed by atoms with van der Waals surface area (Å²) in [5.74, 6) is 0.752. The monoisotopic (exact) mass is 224 g/mol. The van der Waals surface area contributed by atoms with E-state index >= 15 is 0 Å². The van der Waals surface area contributed by atoms with Crippen LogP contribution in [0.15, 0.2) is 5.38 Å². The molecular weight excluding hydrogens is 204 g/mol. The molecule has 1 aromatic heterocycles. The van der Waals surface area contributed by atoms with Gasteiger partial charge in [-0.3, -0.25) is 0 Å². The molecule has 1 aliphatic rings. The molecule has 0 saturated heterocycles. The highest BCUT2D eigenvalue weighted by atomic mass is 32.1. The zero-order chi connectivity index (χ0) is 10.7. The van der Waals surface area contributed by atoms with Crippen molar-refractivity contribution in [2.45, 2.75) is 57.4 Å². The Labute approximate surface area is 95.9 Å². The number of hydrogen-bond acceptors (Lipinski definition) is 3. The molecule has 0 aliphatic heterocycles. The molecule has 84 valence electrons. The van der Waals surface area contributed by atoms with Crippen molar-refractivity contribution in [1.29, 1.82) is 0 Å². The number of nitrogens with two attached hydrogens (primary N) is 1. The van der Waals surface area contributed by atoms with Crippen LogP contribution in [0.1, 0.15) is 68.1 Å². The number of unbranched alkanes of at least 4 members (excludes halogenated alkanes) is 1. The Balaban J connectivity index is 1.93. The number of nitrogens with zero attached hydrogens (tertiary/aromatic N) is 1. The van der Waals surface area contributed by atoms with Crippen LogP contribution in [-0.2, 0) is 0 Å². The minimum Gasteiger partial charge on any atom is -0.323 e. The van der Waals surface area contributed by atoms with Crippen LogP contribution in [0.25, 0.3) is 0 Å². The van der Waals surface area contributed by atoms with E-state index in [9.17, 15) is 0 Å². The summed E-state index contributed by atoms with van der Waals surface area (Å²) in [4.78, 5) is 4.68. The lowest BCUT2D eigenvalue weighted by Gasteiger charge is -2.22.